The highest BCUT2D eigenvalue weighted by Crippen LogP contribution is 2.41. The highest BCUT2D eigenvalue weighted by Gasteiger charge is 2.34. The van der Waals surface area contributed by atoms with Gasteiger partial charge in [-0.05, 0) is 80.5 Å². The van der Waals surface area contributed by atoms with Crippen molar-refractivity contribution in [1.82, 2.24) is 0 Å². The molecule has 0 amide bonds. The van der Waals surface area contributed by atoms with Gasteiger partial charge in [0.15, 0.2) is 0 Å². The van der Waals surface area contributed by atoms with E-state index in [2.05, 4.69) is 46.8 Å². The Bertz CT molecular complexity index is 475. The molecule has 1 heteroatoms. The number of benzene rings is 1. The molecule has 0 heterocycles. The Morgan fingerprint density at radius 2 is 1.65 bits per heavy atom. The lowest BCUT2D eigenvalue weighted by Gasteiger charge is -2.30. The molecule has 1 N–H and O–H groups in total. The molecular weight excluding hydrogens is 244 g/mol. The van der Waals surface area contributed by atoms with Gasteiger partial charge in [0.2, 0.25) is 0 Å². The maximum atomic E-state index is 11.2. The lowest BCUT2D eigenvalue weighted by atomic mass is 9.81. The zero-order chi connectivity index (χ0) is 14.9. The molecule has 1 aliphatic rings. The number of hydrogen-bond acceptors (Lipinski definition) is 1. The molecule has 112 valence electrons. The summed E-state index contributed by atoms with van der Waals surface area (Å²) in [5.74, 6) is 1.51. The van der Waals surface area contributed by atoms with Crippen molar-refractivity contribution in [2.75, 3.05) is 0 Å². The van der Waals surface area contributed by atoms with Crippen molar-refractivity contribution in [2.45, 2.75) is 72.3 Å². The standard InChI is InChI=1S/C19H30O/c1-13(2)17-7-6-9-19(20,10-8-17)18-12-15(4)14(3)11-16(18)5/h11-13,17,20H,6-10H2,1-5H3. The summed E-state index contributed by atoms with van der Waals surface area (Å²) < 4.78 is 0. The van der Waals surface area contributed by atoms with Gasteiger partial charge >= 0.3 is 0 Å². The first-order chi connectivity index (χ1) is 9.33. The van der Waals surface area contributed by atoms with Crippen molar-refractivity contribution in [3.05, 3.63) is 34.4 Å². The largest absolute Gasteiger partial charge is 0.385 e. The van der Waals surface area contributed by atoms with E-state index < -0.39 is 5.60 Å². The van der Waals surface area contributed by atoms with Crippen LogP contribution in [0.5, 0.6) is 0 Å². The van der Waals surface area contributed by atoms with E-state index in [-0.39, 0.29) is 0 Å². The van der Waals surface area contributed by atoms with Crippen LogP contribution in [0.2, 0.25) is 0 Å². The van der Waals surface area contributed by atoms with Crippen molar-refractivity contribution in [2.24, 2.45) is 11.8 Å². The van der Waals surface area contributed by atoms with E-state index in [1.807, 2.05) is 0 Å². The lowest BCUT2D eigenvalue weighted by molar-refractivity contribution is 0.0184. The topological polar surface area (TPSA) is 20.2 Å². The Kier molecular flexibility index (Phi) is 4.59. The lowest BCUT2D eigenvalue weighted by Crippen LogP contribution is -2.26. The van der Waals surface area contributed by atoms with Crippen molar-refractivity contribution < 1.29 is 5.11 Å². The third-order valence-corrected chi connectivity index (χ3v) is 5.38. The number of rotatable bonds is 2. The second-order valence-corrected chi connectivity index (χ2v) is 7.22. The van der Waals surface area contributed by atoms with Crippen molar-refractivity contribution in [3.63, 3.8) is 0 Å². The molecule has 0 aliphatic heterocycles. The van der Waals surface area contributed by atoms with Gasteiger partial charge in [-0.1, -0.05) is 32.4 Å². The average molecular weight is 274 g/mol. The van der Waals surface area contributed by atoms with E-state index in [4.69, 9.17) is 0 Å². The van der Waals surface area contributed by atoms with Gasteiger partial charge in [-0.15, -0.1) is 0 Å². The second-order valence-electron chi connectivity index (χ2n) is 7.22. The van der Waals surface area contributed by atoms with E-state index in [9.17, 15) is 5.11 Å². The van der Waals surface area contributed by atoms with Crippen molar-refractivity contribution >= 4 is 0 Å². The fraction of sp³-hybridized carbons (Fsp3) is 0.684. The average Bonchev–Trinajstić information content (AvgIpc) is 2.57. The quantitative estimate of drug-likeness (QED) is 0.749. The Morgan fingerprint density at radius 1 is 1.00 bits per heavy atom. The minimum absolute atomic E-state index is 0.605. The first-order valence-corrected chi connectivity index (χ1v) is 8.14. The predicted octanol–water partition coefficient (Wildman–Crippen LogP) is 5.04. The van der Waals surface area contributed by atoms with Crippen LogP contribution in [0.4, 0.5) is 0 Å². The number of aryl methyl sites for hydroxylation is 3. The highest BCUT2D eigenvalue weighted by atomic mass is 16.3. The Balaban J connectivity index is 2.29. The van der Waals surface area contributed by atoms with E-state index >= 15 is 0 Å². The second kappa shape index (κ2) is 5.89. The molecule has 2 atom stereocenters. The fourth-order valence-corrected chi connectivity index (χ4v) is 3.75. The zero-order valence-corrected chi connectivity index (χ0v) is 13.8. The summed E-state index contributed by atoms with van der Waals surface area (Å²) in [5.41, 5.74) is 4.43. The van der Waals surface area contributed by atoms with Gasteiger partial charge in [-0.2, -0.15) is 0 Å². The van der Waals surface area contributed by atoms with Crippen LogP contribution in [-0.2, 0) is 5.60 Å². The van der Waals surface area contributed by atoms with E-state index in [0.29, 0.717) is 0 Å². The van der Waals surface area contributed by atoms with Gasteiger partial charge in [0.05, 0.1) is 5.60 Å². The Labute approximate surface area is 124 Å². The Hall–Kier alpha value is -0.820. The predicted molar refractivity (Wildman–Crippen MR) is 86.0 cm³/mol. The number of aliphatic hydroxyl groups is 1. The molecule has 2 rings (SSSR count). The molecule has 0 saturated heterocycles. The molecule has 0 spiro atoms. The van der Waals surface area contributed by atoms with Gasteiger partial charge in [0.25, 0.3) is 0 Å². The number of hydrogen-bond donors (Lipinski definition) is 1. The SMILES string of the molecule is Cc1cc(C)c(C2(O)CCCC(C(C)C)CC2)cc1C. The molecule has 20 heavy (non-hydrogen) atoms. The molecule has 1 aliphatic carbocycles. The molecule has 1 aromatic rings. The molecular formula is C19H30O. The summed E-state index contributed by atoms with van der Waals surface area (Å²) in [4.78, 5) is 0. The molecule has 2 unspecified atom stereocenters. The third kappa shape index (κ3) is 3.09. The molecule has 1 nitrogen and oxygen atoms in total. The van der Waals surface area contributed by atoms with Gasteiger partial charge in [0, 0.05) is 0 Å². The summed E-state index contributed by atoms with van der Waals surface area (Å²) in [7, 11) is 0. The summed E-state index contributed by atoms with van der Waals surface area (Å²) in [6, 6.07) is 4.45. The minimum atomic E-state index is -0.605. The summed E-state index contributed by atoms with van der Waals surface area (Å²) in [6.45, 7) is 11.1. The third-order valence-electron chi connectivity index (χ3n) is 5.38. The highest BCUT2D eigenvalue weighted by molar-refractivity contribution is 5.39. The monoisotopic (exact) mass is 274 g/mol. The van der Waals surface area contributed by atoms with Crippen LogP contribution in [0.15, 0.2) is 12.1 Å². The zero-order valence-electron chi connectivity index (χ0n) is 13.8. The molecule has 1 saturated carbocycles. The van der Waals surface area contributed by atoms with E-state index in [1.165, 1.54) is 28.7 Å². The Morgan fingerprint density at radius 3 is 2.30 bits per heavy atom. The maximum absolute atomic E-state index is 11.2. The van der Waals surface area contributed by atoms with E-state index in [1.54, 1.807) is 0 Å². The summed E-state index contributed by atoms with van der Waals surface area (Å²) >= 11 is 0. The molecule has 1 aromatic carbocycles. The first kappa shape index (κ1) is 15.6. The van der Waals surface area contributed by atoms with Gasteiger partial charge < -0.3 is 5.11 Å². The van der Waals surface area contributed by atoms with Crippen molar-refractivity contribution in [1.29, 1.82) is 0 Å². The van der Waals surface area contributed by atoms with Gasteiger partial charge in [-0.3, -0.25) is 0 Å². The molecule has 1 fully saturated rings. The smallest absolute Gasteiger partial charge is 0.0899 e. The van der Waals surface area contributed by atoms with Crippen LogP contribution in [0.1, 0.15) is 68.2 Å². The fourth-order valence-electron chi connectivity index (χ4n) is 3.75. The maximum Gasteiger partial charge on any atom is 0.0899 e. The van der Waals surface area contributed by atoms with Crippen LogP contribution >= 0.6 is 0 Å². The molecule has 0 bridgehead atoms. The van der Waals surface area contributed by atoms with Crippen LogP contribution < -0.4 is 0 Å². The molecule has 0 radical (unpaired) electrons. The first-order valence-electron chi connectivity index (χ1n) is 8.14. The summed E-state index contributed by atoms with van der Waals surface area (Å²) in [6.07, 6.45) is 5.40. The van der Waals surface area contributed by atoms with Crippen LogP contribution in [0.3, 0.4) is 0 Å². The van der Waals surface area contributed by atoms with Gasteiger partial charge in [-0.25, -0.2) is 0 Å². The van der Waals surface area contributed by atoms with E-state index in [0.717, 1.165) is 37.5 Å². The minimum Gasteiger partial charge on any atom is -0.385 e. The van der Waals surface area contributed by atoms with Crippen molar-refractivity contribution in [3.8, 4) is 0 Å². The van der Waals surface area contributed by atoms with Crippen LogP contribution in [-0.4, -0.2) is 5.11 Å². The normalized spacial score (nSPS) is 27.6. The summed E-state index contributed by atoms with van der Waals surface area (Å²) in [5, 5.41) is 11.2. The van der Waals surface area contributed by atoms with Gasteiger partial charge in [0.1, 0.15) is 0 Å². The van der Waals surface area contributed by atoms with Crippen LogP contribution in [0.25, 0.3) is 0 Å². The molecule has 0 aromatic heterocycles. The van der Waals surface area contributed by atoms with Crippen LogP contribution in [0, 0.1) is 32.6 Å².